The summed E-state index contributed by atoms with van der Waals surface area (Å²) in [5, 5.41) is 0. The Morgan fingerprint density at radius 3 is 1.83 bits per heavy atom. The second-order valence-corrected chi connectivity index (χ2v) is 6.15. The van der Waals surface area contributed by atoms with Crippen molar-refractivity contribution in [3.8, 4) is 0 Å². The number of hydrogen-bond acceptors (Lipinski definition) is 5. The van der Waals surface area contributed by atoms with Crippen LogP contribution in [-0.4, -0.2) is 40.2 Å². The zero-order valence-corrected chi connectivity index (χ0v) is 10.5. The van der Waals surface area contributed by atoms with Crippen LogP contribution in [0.3, 0.4) is 0 Å². The fourth-order valence-electron chi connectivity index (χ4n) is 1.01. The third kappa shape index (κ3) is 4.48. The molecule has 96 valence electrons. The van der Waals surface area contributed by atoms with Crippen LogP contribution in [0.5, 0.6) is 0 Å². The maximum atomic E-state index is 11.5. The molecule has 1 aromatic carbocycles. The summed E-state index contributed by atoms with van der Waals surface area (Å²) in [4.78, 5) is -0.625. The molecule has 0 unspecified atom stereocenters. The van der Waals surface area contributed by atoms with Gasteiger partial charge in [-0.3, -0.25) is 4.55 Å². The summed E-state index contributed by atoms with van der Waals surface area (Å²) in [6.45, 7) is 4.65. The molecule has 0 aliphatic heterocycles. The van der Waals surface area contributed by atoms with Gasteiger partial charge in [-0.1, -0.05) is 6.58 Å². The third-order valence-corrected chi connectivity index (χ3v) is 3.88. The predicted octanol–water partition coefficient (Wildman–Crippen LogP) is 0.524. The van der Waals surface area contributed by atoms with Gasteiger partial charge in [0.2, 0.25) is 0 Å². The van der Waals surface area contributed by atoms with E-state index in [1.807, 2.05) is 0 Å². The van der Waals surface area contributed by atoms with Gasteiger partial charge < -0.3 is 4.18 Å². The molecule has 0 heterocycles. The quantitative estimate of drug-likeness (QED) is 0.375. The van der Waals surface area contributed by atoms with Crippen molar-refractivity contribution in [2.45, 2.75) is 16.7 Å². The Hall–Kier alpha value is -0.783. The molecule has 1 aromatic rings. The molecular weight excluding hydrogens is 275 g/mol. The first kappa shape index (κ1) is 17.2. The van der Waals surface area contributed by atoms with Gasteiger partial charge in [-0.2, -0.15) is 16.8 Å². The molecule has 0 saturated heterocycles. The molecule has 0 radical (unpaired) electrons. The molecule has 9 heteroatoms. The summed E-state index contributed by atoms with van der Waals surface area (Å²) in [6.07, 6.45) is 0. The van der Waals surface area contributed by atoms with Gasteiger partial charge in [0.05, 0.1) is 4.90 Å². The monoisotopic (exact) mass is 286 g/mol. The van der Waals surface area contributed by atoms with Gasteiger partial charge in [0, 0.05) is 0 Å². The molecule has 0 spiro atoms. The average Bonchev–Trinajstić information content (AvgIpc) is 2.14. The summed E-state index contributed by atoms with van der Waals surface area (Å²) in [5.74, 6) is -0.0103. The first-order valence-electron chi connectivity index (χ1n) is 4.30. The fraction of sp³-hybridized carbons (Fsp3) is 0.111. The topological polar surface area (TPSA) is 97.7 Å². The zero-order chi connectivity index (χ0) is 13.3. The molecule has 0 aromatic heterocycles. The standard InChI is InChI=1S/C9H10O6S2.Li.H/c1-7(2)15-17(13,14)9-5-3-8(4-6-9)16(10,11)12;;/h3-6H,1H2,2H3,(H,10,11,12);;. The number of hydrogen-bond donors (Lipinski definition) is 1. The Morgan fingerprint density at radius 1 is 1.11 bits per heavy atom. The molecule has 0 atom stereocenters. The van der Waals surface area contributed by atoms with E-state index < -0.39 is 25.1 Å². The molecule has 6 nitrogen and oxygen atoms in total. The van der Waals surface area contributed by atoms with Gasteiger partial charge in [-0.05, 0) is 31.2 Å². The van der Waals surface area contributed by atoms with Crippen LogP contribution in [-0.2, 0) is 24.4 Å². The molecule has 0 amide bonds. The van der Waals surface area contributed by atoms with E-state index in [9.17, 15) is 16.8 Å². The Bertz CT molecular complexity index is 630. The fourth-order valence-corrected chi connectivity index (χ4v) is 2.43. The van der Waals surface area contributed by atoms with Gasteiger partial charge in [0.25, 0.3) is 10.1 Å². The van der Waals surface area contributed by atoms with Gasteiger partial charge >= 0.3 is 29.0 Å². The van der Waals surface area contributed by atoms with E-state index >= 15 is 0 Å². The van der Waals surface area contributed by atoms with E-state index in [1.54, 1.807) is 0 Å². The molecular formula is C9H11LiO6S2. The van der Waals surface area contributed by atoms with Crippen molar-refractivity contribution in [2.75, 3.05) is 0 Å². The summed E-state index contributed by atoms with van der Waals surface area (Å²) in [7, 11) is -8.34. The van der Waals surface area contributed by atoms with Crippen LogP contribution in [0.1, 0.15) is 6.92 Å². The van der Waals surface area contributed by atoms with Crippen LogP contribution in [0.25, 0.3) is 0 Å². The van der Waals surface area contributed by atoms with Gasteiger partial charge in [-0.25, -0.2) is 0 Å². The zero-order valence-electron chi connectivity index (χ0n) is 8.82. The molecule has 0 saturated carbocycles. The van der Waals surface area contributed by atoms with Crippen LogP contribution in [0.15, 0.2) is 46.4 Å². The van der Waals surface area contributed by atoms with Crippen LogP contribution in [0.4, 0.5) is 0 Å². The Morgan fingerprint density at radius 2 is 1.50 bits per heavy atom. The third-order valence-electron chi connectivity index (χ3n) is 1.66. The summed E-state index contributed by atoms with van der Waals surface area (Å²) >= 11 is 0. The number of benzene rings is 1. The van der Waals surface area contributed by atoms with E-state index in [-0.39, 0.29) is 29.5 Å². The molecule has 18 heavy (non-hydrogen) atoms. The molecule has 0 aliphatic carbocycles. The molecule has 1 rings (SSSR count). The minimum atomic E-state index is -4.34. The normalized spacial score (nSPS) is 11.4. The van der Waals surface area contributed by atoms with Crippen molar-refractivity contribution in [3.05, 3.63) is 36.6 Å². The Labute approximate surface area is 118 Å². The van der Waals surface area contributed by atoms with Crippen LogP contribution < -0.4 is 0 Å². The Kier molecular flexibility index (Phi) is 5.65. The average molecular weight is 286 g/mol. The predicted molar refractivity (Wildman–Crippen MR) is 66.5 cm³/mol. The van der Waals surface area contributed by atoms with Crippen molar-refractivity contribution < 1.29 is 25.6 Å². The molecule has 1 N–H and O–H groups in total. The maximum absolute atomic E-state index is 11.5. The molecule has 0 fully saturated rings. The van der Waals surface area contributed by atoms with E-state index in [2.05, 4.69) is 10.8 Å². The Balaban J connectivity index is 0.00000289. The van der Waals surface area contributed by atoms with Crippen LogP contribution in [0, 0.1) is 0 Å². The van der Waals surface area contributed by atoms with Gasteiger partial charge in [0.15, 0.2) is 0 Å². The minimum absolute atomic E-state index is 0. The van der Waals surface area contributed by atoms with Crippen LogP contribution in [0.2, 0.25) is 0 Å². The summed E-state index contributed by atoms with van der Waals surface area (Å²) < 4.78 is 57.7. The number of allylic oxidation sites excluding steroid dienone is 1. The van der Waals surface area contributed by atoms with E-state index in [1.165, 1.54) is 6.92 Å². The van der Waals surface area contributed by atoms with Gasteiger partial charge in [-0.15, -0.1) is 0 Å². The van der Waals surface area contributed by atoms with Crippen molar-refractivity contribution in [1.82, 2.24) is 0 Å². The molecule has 0 aliphatic rings. The van der Waals surface area contributed by atoms with Crippen molar-refractivity contribution in [2.24, 2.45) is 0 Å². The summed E-state index contributed by atoms with van der Waals surface area (Å²) in [6, 6.07) is 3.96. The van der Waals surface area contributed by atoms with Crippen molar-refractivity contribution in [3.63, 3.8) is 0 Å². The van der Waals surface area contributed by atoms with E-state index in [0.29, 0.717) is 0 Å². The number of rotatable bonds is 4. The second kappa shape index (κ2) is 5.91. The van der Waals surface area contributed by atoms with Crippen LogP contribution >= 0.6 is 0 Å². The van der Waals surface area contributed by atoms with Crippen molar-refractivity contribution in [1.29, 1.82) is 0 Å². The SMILES string of the molecule is C=C(C)OS(=O)(=O)c1ccc(S(=O)(=O)O)cc1.[LiH]. The van der Waals surface area contributed by atoms with E-state index in [0.717, 1.165) is 24.3 Å². The second-order valence-electron chi connectivity index (χ2n) is 3.19. The first-order chi connectivity index (χ1) is 7.63. The van der Waals surface area contributed by atoms with Gasteiger partial charge in [0.1, 0.15) is 10.7 Å². The molecule has 0 bridgehead atoms. The van der Waals surface area contributed by atoms with E-state index in [4.69, 9.17) is 4.55 Å². The first-order valence-corrected chi connectivity index (χ1v) is 7.15. The van der Waals surface area contributed by atoms with Crippen molar-refractivity contribution >= 4 is 39.1 Å². The summed E-state index contributed by atoms with van der Waals surface area (Å²) in [5.41, 5.74) is 0.